The highest BCUT2D eigenvalue weighted by Crippen LogP contribution is 2.38. The second kappa shape index (κ2) is 9.98. The van der Waals surface area contributed by atoms with Gasteiger partial charge in [-0.15, -0.1) is 0 Å². The molecule has 13 heteroatoms. The third kappa shape index (κ3) is 4.81. The van der Waals surface area contributed by atoms with Crippen molar-refractivity contribution < 1.29 is 22.7 Å². The maximum Gasteiger partial charge on any atom is 0.244 e. The molecular weight excluding hydrogens is 484 g/mol. The Morgan fingerprint density at radius 1 is 1.35 bits per heavy atom. The van der Waals surface area contributed by atoms with Crippen LogP contribution in [-0.2, 0) is 30.9 Å². The van der Waals surface area contributed by atoms with Crippen molar-refractivity contribution in [3.63, 3.8) is 0 Å². The lowest BCUT2D eigenvalue weighted by atomic mass is 9.91. The number of ether oxygens (including phenoxy) is 1. The zero-order valence-corrected chi connectivity index (χ0v) is 20.5. The summed E-state index contributed by atoms with van der Waals surface area (Å²) >= 11 is 6.27. The number of carbonyl (C=O) groups is 2. The van der Waals surface area contributed by atoms with Crippen LogP contribution in [0.5, 0.6) is 0 Å². The van der Waals surface area contributed by atoms with Crippen molar-refractivity contribution in [1.82, 2.24) is 24.6 Å². The number of anilines is 1. The molecule has 11 nitrogen and oxygen atoms in total. The largest absolute Gasteiger partial charge is 0.384 e. The SMILES string of the molecule is COC[C@H]1CN(Cc2cn[nH]n2)C(=O)C2CCCC1N2S(=O)(=O)c1ccc(NC(C)=O)c(Cl)c1. The topological polar surface area (TPSA) is 138 Å². The number of aromatic nitrogens is 3. The molecule has 4 rings (SSSR count). The number of amides is 2. The zero-order valence-electron chi connectivity index (χ0n) is 18.9. The standard InChI is InChI=1S/C21H27ClN6O5S/c1-13(29)24-18-7-6-16(8-17(18)22)34(31,32)28-19-4-3-5-20(28)21(30)27(10-14(19)12-33-2)11-15-9-23-26-25-15/h6-9,14,19-20H,3-5,10-12H2,1-2H3,(H,24,29)(H,23,25,26)/t14-,19?,20?/m1/s1. The van der Waals surface area contributed by atoms with Crippen LogP contribution in [0.4, 0.5) is 5.69 Å². The van der Waals surface area contributed by atoms with Gasteiger partial charge in [0.2, 0.25) is 21.8 Å². The average Bonchev–Trinajstić information content (AvgIpc) is 3.29. The number of carbonyl (C=O) groups excluding carboxylic acids is 2. The Balaban J connectivity index is 1.73. The number of aromatic amines is 1. The lowest BCUT2D eigenvalue weighted by Crippen LogP contribution is -2.55. The number of methoxy groups -OCH3 is 1. The number of fused-ring (bicyclic) bond motifs is 2. The van der Waals surface area contributed by atoms with Gasteiger partial charge in [-0.3, -0.25) is 9.59 Å². The summed E-state index contributed by atoms with van der Waals surface area (Å²) < 4.78 is 34.6. The van der Waals surface area contributed by atoms with Crippen LogP contribution in [-0.4, -0.2) is 77.2 Å². The number of sulfonamides is 1. The van der Waals surface area contributed by atoms with Crippen molar-refractivity contribution in [2.24, 2.45) is 5.92 Å². The Morgan fingerprint density at radius 3 is 2.79 bits per heavy atom. The van der Waals surface area contributed by atoms with E-state index in [1.165, 1.54) is 29.4 Å². The molecule has 2 amide bonds. The Kier molecular flexibility index (Phi) is 7.22. The molecule has 2 unspecified atom stereocenters. The molecule has 184 valence electrons. The minimum atomic E-state index is -4.08. The Labute approximate surface area is 202 Å². The monoisotopic (exact) mass is 510 g/mol. The molecule has 0 radical (unpaired) electrons. The predicted molar refractivity (Wildman–Crippen MR) is 123 cm³/mol. The van der Waals surface area contributed by atoms with Crippen LogP contribution < -0.4 is 5.32 Å². The molecule has 1 aromatic heterocycles. The van der Waals surface area contributed by atoms with Gasteiger partial charge in [-0.2, -0.15) is 19.7 Å². The van der Waals surface area contributed by atoms with Crippen LogP contribution in [0.1, 0.15) is 31.9 Å². The van der Waals surface area contributed by atoms with Crippen molar-refractivity contribution in [3.05, 3.63) is 35.1 Å². The number of benzene rings is 1. The van der Waals surface area contributed by atoms with E-state index in [-0.39, 0.29) is 34.2 Å². The van der Waals surface area contributed by atoms with Gasteiger partial charge in [-0.05, 0) is 37.5 Å². The van der Waals surface area contributed by atoms with Gasteiger partial charge in [-0.25, -0.2) is 8.42 Å². The van der Waals surface area contributed by atoms with Crippen molar-refractivity contribution in [2.45, 2.75) is 49.7 Å². The molecule has 2 aromatic rings. The number of hydrogen-bond acceptors (Lipinski definition) is 7. The lowest BCUT2D eigenvalue weighted by molar-refractivity contribution is -0.135. The van der Waals surface area contributed by atoms with E-state index >= 15 is 0 Å². The van der Waals surface area contributed by atoms with Crippen LogP contribution in [0.15, 0.2) is 29.3 Å². The fourth-order valence-corrected chi connectivity index (χ4v) is 7.03. The first-order chi connectivity index (χ1) is 16.2. The molecule has 2 aliphatic heterocycles. The smallest absolute Gasteiger partial charge is 0.244 e. The van der Waals surface area contributed by atoms with E-state index in [0.29, 0.717) is 37.4 Å². The molecule has 2 N–H and O–H groups in total. The highest BCUT2D eigenvalue weighted by molar-refractivity contribution is 7.89. The quantitative estimate of drug-likeness (QED) is 0.577. The first-order valence-corrected chi connectivity index (χ1v) is 12.8. The Hall–Kier alpha value is -2.54. The van der Waals surface area contributed by atoms with Crippen LogP contribution in [0.25, 0.3) is 0 Å². The predicted octanol–water partition coefficient (Wildman–Crippen LogP) is 1.63. The number of rotatable bonds is 7. The highest BCUT2D eigenvalue weighted by atomic mass is 35.5. The zero-order chi connectivity index (χ0) is 24.5. The number of H-pyrrole nitrogens is 1. The van der Waals surface area contributed by atoms with E-state index in [1.807, 2.05) is 0 Å². The summed E-state index contributed by atoms with van der Waals surface area (Å²) in [6.07, 6.45) is 3.31. The molecule has 2 bridgehead atoms. The summed E-state index contributed by atoms with van der Waals surface area (Å²) in [5.41, 5.74) is 0.909. The minimum Gasteiger partial charge on any atom is -0.384 e. The van der Waals surface area contributed by atoms with Gasteiger partial charge in [-0.1, -0.05) is 11.6 Å². The van der Waals surface area contributed by atoms with Gasteiger partial charge >= 0.3 is 0 Å². The molecule has 0 spiro atoms. The fourth-order valence-electron chi connectivity index (χ4n) is 4.82. The molecule has 0 aliphatic carbocycles. The average molecular weight is 511 g/mol. The summed E-state index contributed by atoms with van der Waals surface area (Å²) in [5, 5.41) is 13.1. The van der Waals surface area contributed by atoms with Crippen LogP contribution in [0.2, 0.25) is 5.02 Å². The molecular formula is C21H27ClN6O5S. The third-order valence-corrected chi connectivity index (χ3v) is 8.48. The first-order valence-electron chi connectivity index (χ1n) is 11.0. The second-order valence-electron chi connectivity index (χ2n) is 8.57. The van der Waals surface area contributed by atoms with Crippen LogP contribution in [0, 0.1) is 5.92 Å². The molecule has 0 saturated carbocycles. The molecule has 34 heavy (non-hydrogen) atoms. The summed E-state index contributed by atoms with van der Waals surface area (Å²) in [7, 11) is -2.52. The van der Waals surface area contributed by atoms with Crippen LogP contribution >= 0.6 is 11.6 Å². The molecule has 1 aromatic carbocycles. The van der Waals surface area contributed by atoms with E-state index in [1.54, 1.807) is 18.2 Å². The Bertz CT molecular complexity index is 1160. The molecule has 2 aliphatic rings. The minimum absolute atomic E-state index is 0.0302. The van der Waals surface area contributed by atoms with Crippen LogP contribution in [0.3, 0.4) is 0 Å². The number of nitrogens with zero attached hydrogens (tertiary/aromatic N) is 4. The van der Waals surface area contributed by atoms with E-state index in [4.69, 9.17) is 16.3 Å². The lowest BCUT2D eigenvalue weighted by Gasteiger charge is -2.40. The Morgan fingerprint density at radius 2 is 2.15 bits per heavy atom. The van der Waals surface area contributed by atoms with E-state index in [9.17, 15) is 18.0 Å². The summed E-state index contributed by atoms with van der Waals surface area (Å²) in [6, 6.07) is 2.91. The normalized spacial score (nSPS) is 23.6. The number of halogens is 1. The number of piperidine rings is 1. The second-order valence-corrected chi connectivity index (χ2v) is 10.8. The summed E-state index contributed by atoms with van der Waals surface area (Å²) in [5.74, 6) is -0.814. The third-order valence-electron chi connectivity index (χ3n) is 6.23. The maximum atomic E-state index is 13.9. The van der Waals surface area contributed by atoms with Crippen molar-refractivity contribution in [1.29, 1.82) is 0 Å². The molecule has 3 atom stereocenters. The van der Waals surface area contributed by atoms with Gasteiger partial charge in [0.05, 0.1) is 35.0 Å². The van der Waals surface area contributed by atoms with Crippen molar-refractivity contribution in [2.75, 3.05) is 25.6 Å². The summed E-state index contributed by atoms with van der Waals surface area (Å²) in [4.78, 5) is 26.6. The van der Waals surface area contributed by atoms with Gasteiger partial charge in [0, 0.05) is 32.5 Å². The first kappa shape index (κ1) is 24.6. The van der Waals surface area contributed by atoms with Gasteiger partial charge in [0.15, 0.2) is 0 Å². The van der Waals surface area contributed by atoms with Gasteiger partial charge in [0.1, 0.15) is 11.7 Å². The molecule has 2 fully saturated rings. The summed E-state index contributed by atoms with van der Waals surface area (Å²) in [6.45, 7) is 2.21. The maximum absolute atomic E-state index is 13.9. The number of hydrogen-bond donors (Lipinski definition) is 2. The molecule has 2 saturated heterocycles. The van der Waals surface area contributed by atoms with Gasteiger partial charge < -0.3 is 15.0 Å². The number of nitrogens with one attached hydrogen (secondary N) is 2. The highest BCUT2D eigenvalue weighted by Gasteiger charge is 2.50. The van der Waals surface area contributed by atoms with E-state index in [0.717, 1.165) is 6.42 Å². The van der Waals surface area contributed by atoms with Crippen molar-refractivity contribution >= 4 is 39.1 Å². The fraction of sp³-hybridized carbons (Fsp3) is 0.524. The van der Waals surface area contributed by atoms with Gasteiger partial charge in [0.25, 0.3) is 0 Å². The molecule has 3 heterocycles. The van der Waals surface area contributed by atoms with E-state index < -0.39 is 22.1 Å². The van der Waals surface area contributed by atoms with Crippen molar-refractivity contribution in [3.8, 4) is 0 Å². The van der Waals surface area contributed by atoms with E-state index in [2.05, 4.69) is 20.7 Å².